The van der Waals surface area contributed by atoms with Crippen LogP contribution in [0, 0.1) is 0 Å². The molecule has 4 heterocycles. The number of nitrogens with zero attached hydrogens (tertiary/aromatic N) is 4. The molecular weight excluding hydrogens is 352 g/mol. The van der Waals surface area contributed by atoms with Gasteiger partial charge in [-0.25, -0.2) is 0 Å². The highest BCUT2D eigenvalue weighted by Gasteiger charge is 2.45. The lowest BCUT2D eigenvalue weighted by Crippen LogP contribution is -2.35. The fourth-order valence-electron chi connectivity index (χ4n) is 4.06. The van der Waals surface area contributed by atoms with E-state index in [9.17, 15) is 0 Å². The maximum atomic E-state index is 5.09. The van der Waals surface area contributed by atoms with E-state index in [1.54, 1.807) is 0 Å². The molecule has 2 aromatic heterocycles. The zero-order chi connectivity index (χ0) is 18.2. The Morgan fingerprint density at radius 1 is 1.07 bits per heavy atom. The first-order valence-electron chi connectivity index (χ1n) is 9.48. The first-order valence-corrected chi connectivity index (χ1v) is 10.5. The molecule has 5 rings (SSSR count). The molecule has 0 aliphatic carbocycles. The highest BCUT2D eigenvalue weighted by molar-refractivity contribution is 8.14. The van der Waals surface area contributed by atoms with E-state index in [1.165, 1.54) is 16.4 Å². The summed E-state index contributed by atoms with van der Waals surface area (Å²) in [7, 11) is 0. The lowest BCUT2D eigenvalue weighted by Gasteiger charge is -2.31. The van der Waals surface area contributed by atoms with Crippen molar-refractivity contribution in [3.05, 3.63) is 84.4 Å². The molecule has 1 saturated heterocycles. The highest BCUT2D eigenvalue weighted by atomic mass is 32.2. The normalized spacial score (nSPS) is 24.1. The Balaban J connectivity index is 1.56. The standard InChI is InChI=1S/C22H22N4S/c1-2-17-15-27-22-24-20(19-10-6-7-12-23-19)21(26(17)22)16-11-13-25(14-16)18-8-4-3-5-9-18/h3-14,17,20-21H,2,15H2,1H3/t17-,20-,21+/m1/s1. The van der Waals surface area contributed by atoms with Crippen LogP contribution in [0.1, 0.15) is 36.7 Å². The number of hydrogen-bond acceptors (Lipinski definition) is 4. The third kappa shape index (κ3) is 2.86. The Bertz CT molecular complexity index is 951. The average Bonchev–Trinajstić information content (AvgIpc) is 3.44. The Morgan fingerprint density at radius 2 is 1.93 bits per heavy atom. The lowest BCUT2D eigenvalue weighted by molar-refractivity contribution is 0.255. The van der Waals surface area contributed by atoms with E-state index in [-0.39, 0.29) is 12.1 Å². The summed E-state index contributed by atoms with van der Waals surface area (Å²) in [5.41, 5.74) is 3.53. The molecule has 5 heteroatoms. The number of amidine groups is 1. The van der Waals surface area contributed by atoms with E-state index >= 15 is 0 Å². The van der Waals surface area contributed by atoms with Gasteiger partial charge in [-0.3, -0.25) is 9.98 Å². The first-order chi connectivity index (χ1) is 13.3. The van der Waals surface area contributed by atoms with Gasteiger partial charge < -0.3 is 9.47 Å². The Hall–Kier alpha value is -2.53. The molecule has 1 fully saturated rings. The van der Waals surface area contributed by atoms with Crippen molar-refractivity contribution in [1.29, 1.82) is 0 Å². The second-order valence-corrected chi connectivity index (χ2v) is 8.01. The number of hydrogen-bond donors (Lipinski definition) is 0. The Kier molecular flexibility index (Phi) is 4.24. The molecule has 3 atom stereocenters. The molecular formula is C22H22N4S. The van der Waals surface area contributed by atoms with Gasteiger partial charge in [-0.2, -0.15) is 0 Å². The van der Waals surface area contributed by atoms with E-state index in [4.69, 9.17) is 4.99 Å². The smallest absolute Gasteiger partial charge is 0.160 e. The molecule has 2 aliphatic rings. The lowest BCUT2D eigenvalue weighted by atomic mass is 9.97. The van der Waals surface area contributed by atoms with Crippen LogP contribution in [0.2, 0.25) is 0 Å². The van der Waals surface area contributed by atoms with Crippen molar-refractivity contribution in [2.45, 2.75) is 31.5 Å². The number of thioether (sulfide) groups is 1. The zero-order valence-corrected chi connectivity index (χ0v) is 16.1. The van der Waals surface area contributed by atoms with Gasteiger partial charge in [0.25, 0.3) is 0 Å². The molecule has 0 spiro atoms. The molecule has 0 amide bonds. The maximum Gasteiger partial charge on any atom is 0.160 e. The van der Waals surface area contributed by atoms with Crippen molar-refractivity contribution < 1.29 is 0 Å². The third-order valence-corrected chi connectivity index (χ3v) is 6.57. The van der Waals surface area contributed by atoms with Crippen molar-refractivity contribution in [2.75, 3.05) is 5.75 Å². The molecule has 0 bridgehead atoms. The maximum absolute atomic E-state index is 5.09. The van der Waals surface area contributed by atoms with Crippen LogP contribution < -0.4 is 0 Å². The fourth-order valence-corrected chi connectivity index (χ4v) is 5.40. The molecule has 0 radical (unpaired) electrons. The van der Waals surface area contributed by atoms with Crippen molar-refractivity contribution in [3.63, 3.8) is 0 Å². The van der Waals surface area contributed by atoms with Gasteiger partial charge in [0.1, 0.15) is 6.04 Å². The molecule has 1 aromatic carbocycles. The molecule has 4 nitrogen and oxygen atoms in total. The SMILES string of the molecule is CC[C@@H]1CSC2=N[C@H](c3ccccn3)[C@H](c3ccn(-c4ccccc4)c3)N21. The second kappa shape index (κ2) is 6.89. The van der Waals surface area contributed by atoms with Gasteiger partial charge in [0.05, 0.1) is 11.7 Å². The average molecular weight is 375 g/mol. The van der Waals surface area contributed by atoms with Crippen molar-refractivity contribution in [1.82, 2.24) is 14.5 Å². The predicted octanol–water partition coefficient (Wildman–Crippen LogP) is 4.85. The van der Waals surface area contributed by atoms with Crippen LogP contribution in [-0.4, -0.2) is 31.4 Å². The summed E-state index contributed by atoms with van der Waals surface area (Å²) in [4.78, 5) is 12.3. The zero-order valence-electron chi connectivity index (χ0n) is 15.3. The molecule has 3 aromatic rings. The topological polar surface area (TPSA) is 33.4 Å². The minimum Gasteiger partial charge on any atom is -0.338 e. The molecule has 136 valence electrons. The molecule has 27 heavy (non-hydrogen) atoms. The molecule has 2 aliphatic heterocycles. The van der Waals surface area contributed by atoms with E-state index in [0.29, 0.717) is 6.04 Å². The molecule has 0 saturated carbocycles. The molecule has 0 N–H and O–H groups in total. The van der Waals surface area contributed by atoms with Gasteiger partial charge in [0, 0.05) is 36.1 Å². The van der Waals surface area contributed by atoms with Crippen molar-refractivity contribution >= 4 is 16.9 Å². The number of rotatable bonds is 4. The van der Waals surface area contributed by atoms with Gasteiger partial charge in [0.15, 0.2) is 5.17 Å². The third-order valence-electron chi connectivity index (χ3n) is 5.44. The summed E-state index contributed by atoms with van der Waals surface area (Å²) >= 11 is 1.89. The van der Waals surface area contributed by atoms with E-state index in [0.717, 1.165) is 17.9 Å². The van der Waals surface area contributed by atoms with Gasteiger partial charge in [-0.15, -0.1) is 0 Å². The second-order valence-electron chi connectivity index (χ2n) is 7.02. The van der Waals surface area contributed by atoms with Gasteiger partial charge in [-0.1, -0.05) is 43.0 Å². The summed E-state index contributed by atoms with van der Waals surface area (Å²) in [5.74, 6) is 1.13. The quantitative estimate of drug-likeness (QED) is 0.654. The minimum atomic E-state index is 0.0506. The van der Waals surface area contributed by atoms with Crippen LogP contribution in [0.4, 0.5) is 0 Å². The Morgan fingerprint density at radius 3 is 2.70 bits per heavy atom. The van der Waals surface area contributed by atoms with E-state index in [2.05, 4.69) is 82.3 Å². The van der Waals surface area contributed by atoms with Gasteiger partial charge >= 0.3 is 0 Å². The summed E-state index contributed by atoms with van der Waals surface area (Å²) in [6.45, 7) is 2.27. The summed E-state index contributed by atoms with van der Waals surface area (Å²) in [6, 6.07) is 19.6. The predicted molar refractivity (Wildman–Crippen MR) is 111 cm³/mol. The summed E-state index contributed by atoms with van der Waals surface area (Å²) < 4.78 is 2.20. The van der Waals surface area contributed by atoms with Crippen molar-refractivity contribution in [2.24, 2.45) is 4.99 Å². The molecule has 0 unspecified atom stereocenters. The monoisotopic (exact) mass is 374 g/mol. The van der Waals surface area contributed by atoms with E-state index in [1.807, 2.05) is 24.0 Å². The largest absolute Gasteiger partial charge is 0.338 e. The van der Waals surface area contributed by atoms with Crippen LogP contribution in [0.15, 0.2) is 78.2 Å². The number of fused-ring (bicyclic) bond motifs is 1. The summed E-state index contributed by atoms with van der Waals surface area (Å²) in [6.07, 6.45) is 7.42. The van der Waals surface area contributed by atoms with Crippen LogP contribution >= 0.6 is 11.8 Å². The van der Waals surface area contributed by atoms with Crippen LogP contribution in [0.5, 0.6) is 0 Å². The Labute approximate surface area is 164 Å². The number of benzene rings is 1. The fraction of sp³-hybridized carbons (Fsp3) is 0.273. The highest BCUT2D eigenvalue weighted by Crippen LogP contribution is 2.48. The van der Waals surface area contributed by atoms with E-state index < -0.39 is 0 Å². The number of pyridine rings is 1. The first kappa shape index (κ1) is 16.6. The number of para-hydroxylation sites is 1. The van der Waals surface area contributed by atoms with Crippen LogP contribution in [0.3, 0.4) is 0 Å². The van der Waals surface area contributed by atoms with Gasteiger partial charge in [0.2, 0.25) is 0 Å². The number of aromatic nitrogens is 2. The van der Waals surface area contributed by atoms with Crippen LogP contribution in [0.25, 0.3) is 5.69 Å². The van der Waals surface area contributed by atoms with Crippen LogP contribution in [-0.2, 0) is 0 Å². The van der Waals surface area contributed by atoms with Crippen molar-refractivity contribution in [3.8, 4) is 5.69 Å². The number of aliphatic imine (C=N–C) groups is 1. The minimum absolute atomic E-state index is 0.0506. The van der Waals surface area contributed by atoms with Gasteiger partial charge in [-0.05, 0) is 42.3 Å². The summed E-state index contributed by atoms with van der Waals surface area (Å²) in [5, 5.41) is 1.18.